The van der Waals surface area contributed by atoms with Crippen LogP contribution in [0.25, 0.3) is 0 Å². The van der Waals surface area contributed by atoms with Crippen LogP contribution < -0.4 is 5.32 Å². The number of rotatable bonds is 10. The van der Waals surface area contributed by atoms with Crippen LogP contribution in [0.3, 0.4) is 0 Å². The van der Waals surface area contributed by atoms with E-state index in [1.165, 1.54) is 11.1 Å². The summed E-state index contributed by atoms with van der Waals surface area (Å²) in [7, 11) is 1.69. The van der Waals surface area contributed by atoms with Gasteiger partial charge in [-0.3, -0.25) is 0 Å². The Morgan fingerprint density at radius 3 is 2.20 bits per heavy atom. The first-order valence-electron chi connectivity index (χ1n) is 7.55. The molecular formula is C17H29NO2. The van der Waals surface area contributed by atoms with Crippen molar-refractivity contribution in [1.82, 2.24) is 5.32 Å². The van der Waals surface area contributed by atoms with Crippen LogP contribution in [0.1, 0.15) is 50.3 Å². The Morgan fingerprint density at radius 2 is 1.60 bits per heavy atom. The monoisotopic (exact) mass is 279 g/mol. The summed E-state index contributed by atoms with van der Waals surface area (Å²) < 4.78 is 10.4. The lowest BCUT2D eigenvalue weighted by molar-refractivity contribution is 0.0693. The first-order chi connectivity index (χ1) is 9.65. The zero-order valence-electron chi connectivity index (χ0n) is 13.3. The Bertz CT molecular complexity index is 349. The molecule has 114 valence electrons. The summed E-state index contributed by atoms with van der Waals surface area (Å²) in [5, 5.41) is 3.53. The topological polar surface area (TPSA) is 30.5 Å². The van der Waals surface area contributed by atoms with E-state index < -0.39 is 0 Å². The van der Waals surface area contributed by atoms with E-state index >= 15 is 0 Å². The van der Waals surface area contributed by atoms with E-state index in [1.54, 1.807) is 7.11 Å². The van der Waals surface area contributed by atoms with Crippen molar-refractivity contribution in [3.63, 3.8) is 0 Å². The number of nitrogens with one attached hydrogen (secondary N) is 1. The van der Waals surface area contributed by atoms with Crippen LogP contribution in [0.15, 0.2) is 24.3 Å². The smallest absolute Gasteiger partial charge is 0.0700 e. The second-order valence-corrected chi connectivity index (χ2v) is 5.46. The Morgan fingerprint density at radius 1 is 0.950 bits per heavy atom. The third-order valence-electron chi connectivity index (χ3n) is 3.45. The molecule has 1 rings (SSSR count). The molecule has 1 aromatic rings. The van der Waals surface area contributed by atoms with Crippen molar-refractivity contribution in [3.8, 4) is 0 Å². The van der Waals surface area contributed by atoms with E-state index in [9.17, 15) is 0 Å². The first kappa shape index (κ1) is 17.2. The average Bonchev–Trinajstić information content (AvgIpc) is 2.46. The third-order valence-corrected chi connectivity index (χ3v) is 3.45. The lowest BCUT2D eigenvalue weighted by Gasteiger charge is -2.15. The molecule has 0 saturated heterocycles. The molecule has 0 heterocycles. The van der Waals surface area contributed by atoms with Gasteiger partial charge in [0.2, 0.25) is 0 Å². The third kappa shape index (κ3) is 6.51. The zero-order valence-corrected chi connectivity index (χ0v) is 13.3. The van der Waals surface area contributed by atoms with Crippen molar-refractivity contribution in [2.45, 2.75) is 39.2 Å². The highest BCUT2D eigenvalue weighted by Crippen LogP contribution is 2.18. The molecule has 1 N–H and O–H groups in total. The molecule has 0 fully saturated rings. The molecule has 0 radical (unpaired) electrons. The molecule has 1 unspecified atom stereocenters. The Hall–Kier alpha value is -0.900. The molecule has 1 atom stereocenters. The number of hydrogen-bond donors (Lipinski definition) is 1. The van der Waals surface area contributed by atoms with Crippen LogP contribution >= 0.6 is 0 Å². The number of hydrogen-bond acceptors (Lipinski definition) is 3. The second-order valence-electron chi connectivity index (χ2n) is 5.46. The van der Waals surface area contributed by atoms with Gasteiger partial charge in [0.05, 0.1) is 13.2 Å². The van der Waals surface area contributed by atoms with Gasteiger partial charge in [-0.1, -0.05) is 38.1 Å². The molecule has 1 aromatic carbocycles. The maximum atomic E-state index is 5.44. The minimum absolute atomic E-state index is 0.384. The Labute approximate surface area is 123 Å². The van der Waals surface area contributed by atoms with Crippen molar-refractivity contribution in [1.29, 1.82) is 0 Å². The van der Waals surface area contributed by atoms with Gasteiger partial charge in [-0.05, 0) is 36.9 Å². The summed E-state index contributed by atoms with van der Waals surface area (Å²) in [4.78, 5) is 0. The fourth-order valence-electron chi connectivity index (χ4n) is 2.02. The van der Waals surface area contributed by atoms with Gasteiger partial charge in [0.25, 0.3) is 0 Å². The molecule has 0 spiro atoms. The van der Waals surface area contributed by atoms with E-state index in [4.69, 9.17) is 9.47 Å². The fourth-order valence-corrected chi connectivity index (χ4v) is 2.02. The minimum Gasteiger partial charge on any atom is -0.382 e. The fraction of sp³-hybridized carbons (Fsp3) is 0.647. The van der Waals surface area contributed by atoms with Crippen molar-refractivity contribution in [2.75, 3.05) is 33.5 Å². The van der Waals surface area contributed by atoms with Crippen molar-refractivity contribution in [2.24, 2.45) is 0 Å². The Kier molecular flexibility index (Phi) is 8.51. The van der Waals surface area contributed by atoms with Crippen LogP contribution in [0, 0.1) is 0 Å². The summed E-state index contributed by atoms with van der Waals surface area (Å²) in [6.45, 7) is 9.76. The van der Waals surface area contributed by atoms with E-state index in [1.807, 2.05) is 0 Å². The average molecular weight is 279 g/mol. The molecule has 0 amide bonds. The molecule has 0 aliphatic heterocycles. The molecule has 0 bridgehead atoms. The van der Waals surface area contributed by atoms with Gasteiger partial charge < -0.3 is 14.8 Å². The van der Waals surface area contributed by atoms with Crippen molar-refractivity contribution < 1.29 is 9.47 Å². The second kappa shape index (κ2) is 9.92. The van der Waals surface area contributed by atoms with Crippen molar-refractivity contribution in [3.05, 3.63) is 35.4 Å². The standard InChI is InChI=1S/C17H29NO2/c1-14(2)16-6-8-17(9-7-16)15(3)18-10-5-11-20-13-12-19-4/h6-9,14-15,18H,5,10-13H2,1-4H3. The minimum atomic E-state index is 0.384. The largest absolute Gasteiger partial charge is 0.382 e. The number of benzene rings is 1. The molecule has 0 aliphatic rings. The quantitative estimate of drug-likeness (QED) is 0.665. The summed E-state index contributed by atoms with van der Waals surface area (Å²) in [5.41, 5.74) is 2.74. The Balaban J connectivity index is 2.20. The van der Waals surface area contributed by atoms with E-state index in [2.05, 4.69) is 50.4 Å². The zero-order chi connectivity index (χ0) is 14.8. The molecule has 3 heteroatoms. The molecular weight excluding hydrogens is 250 g/mol. The maximum absolute atomic E-state index is 5.44. The maximum Gasteiger partial charge on any atom is 0.0700 e. The van der Waals surface area contributed by atoms with Gasteiger partial charge >= 0.3 is 0 Å². The summed E-state index contributed by atoms with van der Waals surface area (Å²) in [6, 6.07) is 9.29. The molecule has 0 aromatic heterocycles. The van der Waals surface area contributed by atoms with Gasteiger partial charge in [-0.15, -0.1) is 0 Å². The number of methoxy groups -OCH3 is 1. The van der Waals surface area contributed by atoms with Gasteiger partial charge in [0, 0.05) is 19.8 Å². The van der Waals surface area contributed by atoms with Crippen LogP contribution in [0.4, 0.5) is 0 Å². The van der Waals surface area contributed by atoms with Crippen molar-refractivity contribution >= 4 is 0 Å². The molecule has 20 heavy (non-hydrogen) atoms. The summed E-state index contributed by atoms with van der Waals surface area (Å²) in [6.07, 6.45) is 1.03. The summed E-state index contributed by atoms with van der Waals surface area (Å²) >= 11 is 0. The van der Waals surface area contributed by atoms with Gasteiger partial charge in [-0.2, -0.15) is 0 Å². The highest BCUT2D eigenvalue weighted by molar-refractivity contribution is 5.26. The predicted molar refractivity (Wildman–Crippen MR) is 84.3 cm³/mol. The van der Waals surface area contributed by atoms with Gasteiger partial charge in [-0.25, -0.2) is 0 Å². The molecule has 3 nitrogen and oxygen atoms in total. The van der Waals surface area contributed by atoms with Crippen LogP contribution in [0.2, 0.25) is 0 Å². The van der Waals surface area contributed by atoms with Crippen LogP contribution in [-0.2, 0) is 9.47 Å². The highest BCUT2D eigenvalue weighted by atomic mass is 16.5. The van der Waals surface area contributed by atoms with Crippen LogP contribution in [0.5, 0.6) is 0 Å². The molecule has 0 aliphatic carbocycles. The van der Waals surface area contributed by atoms with E-state index in [0.717, 1.165) is 19.6 Å². The van der Waals surface area contributed by atoms with E-state index in [-0.39, 0.29) is 0 Å². The predicted octanol–water partition coefficient (Wildman–Crippen LogP) is 3.51. The number of ether oxygens (including phenoxy) is 2. The summed E-state index contributed by atoms with van der Waals surface area (Å²) in [5.74, 6) is 0.594. The van der Waals surface area contributed by atoms with Gasteiger partial charge in [0.1, 0.15) is 0 Å². The molecule has 0 saturated carbocycles. The lowest BCUT2D eigenvalue weighted by Crippen LogP contribution is -2.21. The normalized spacial score (nSPS) is 12.8. The first-order valence-corrected chi connectivity index (χ1v) is 7.55. The lowest BCUT2D eigenvalue weighted by atomic mass is 9.99. The highest BCUT2D eigenvalue weighted by Gasteiger charge is 2.05. The SMILES string of the molecule is COCCOCCCNC(C)c1ccc(C(C)C)cc1. The van der Waals surface area contributed by atoms with Gasteiger partial charge in [0.15, 0.2) is 0 Å². The van der Waals surface area contributed by atoms with Crippen LogP contribution in [-0.4, -0.2) is 33.5 Å². The van der Waals surface area contributed by atoms with E-state index in [0.29, 0.717) is 25.2 Å².